The summed E-state index contributed by atoms with van der Waals surface area (Å²) in [5.74, 6) is 0.387. The van der Waals surface area contributed by atoms with E-state index >= 15 is 0 Å². The van der Waals surface area contributed by atoms with E-state index in [0.717, 1.165) is 19.3 Å². The van der Waals surface area contributed by atoms with Crippen LogP contribution in [-0.2, 0) is 0 Å². The summed E-state index contributed by atoms with van der Waals surface area (Å²) in [5, 5.41) is 19.8. The molecule has 0 heterocycles. The zero-order chi connectivity index (χ0) is 12.7. The SMILES string of the molecule is C=C1CCC[C@]2(C)CC[C@@](O)(C(=C)CO)C[C@@H]12. The predicted molar refractivity (Wildman–Crippen MR) is 69.6 cm³/mol. The fraction of sp³-hybridized carbons (Fsp3) is 0.733. The summed E-state index contributed by atoms with van der Waals surface area (Å²) >= 11 is 0. The molecule has 0 saturated heterocycles. The number of rotatable bonds is 2. The monoisotopic (exact) mass is 236 g/mol. The van der Waals surface area contributed by atoms with Crippen LogP contribution in [0.4, 0.5) is 0 Å². The molecule has 0 unspecified atom stereocenters. The van der Waals surface area contributed by atoms with Gasteiger partial charge < -0.3 is 10.2 Å². The molecule has 0 radical (unpaired) electrons. The topological polar surface area (TPSA) is 40.5 Å². The summed E-state index contributed by atoms with van der Waals surface area (Å²) in [4.78, 5) is 0. The molecule has 0 aliphatic heterocycles. The van der Waals surface area contributed by atoms with Gasteiger partial charge in [-0.3, -0.25) is 0 Å². The normalized spacial score (nSPS) is 42.1. The third kappa shape index (κ3) is 2.09. The maximum atomic E-state index is 10.6. The maximum Gasteiger partial charge on any atom is 0.0882 e. The van der Waals surface area contributed by atoms with Crippen LogP contribution < -0.4 is 0 Å². The van der Waals surface area contributed by atoms with E-state index in [4.69, 9.17) is 0 Å². The van der Waals surface area contributed by atoms with E-state index in [1.165, 1.54) is 18.4 Å². The van der Waals surface area contributed by atoms with Crippen molar-refractivity contribution < 1.29 is 10.2 Å². The van der Waals surface area contributed by atoms with E-state index in [1.807, 2.05) is 0 Å². The van der Waals surface area contributed by atoms with Crippen molar-refractivity contribution >= 4 is 0 Å². The number of fused-ring (bicyclic) bond motifs is 1. The van der Waals surface area contributed by atoms with Crippen molar-refractivity contribution in [2.75, 3.05) is 6.61 Å². The highest BCUT2D eigenvalue weighted by Gasteiger charge is 2.48. The van der Waals surface area contributed by atoms with Crippen molar-refractivity contribution in [1.82, 2.24) is 0 Å². The van der Waals surface area contributed by atoms with Gasteiger partial charge in [0.2, 0.25) is 0 Å². The van der Waals surface area contributed by atoms with Gasteiger partial charge in [0, 0.05) is 0 Å². The van der Waals surface area contributed by atoms with Crippen molar-refractivity contribution in [3.8, 4) is 0 Å². The highest BCUT2D eigenvalue weighted by Crippen LogP contribution is 2.55. The molecule has 0 spiro atoms. The van der Waals surface area contributed by atoms with E-state index in [-0.39, 0.29) is 6.61 Å². The second-order valence-corrected chi connectivity index (χ2v) is 6.22. The van der Waals surface area contributed by atoms with Crippen LogP contribution >= 0.6 is 0 Å². The van der Waals surface area contributed by atoms with E-state index in [9.17, 15) is 10.2 Å². The standard InChI is InChI=1S/C15H24O2/c1-11-5-4-6-14(3)7-8-15(17,9-13(11)14)12(2)10-16/h13,16-17H,1-2,4-10H2,3H3/t13-,14+,15-/m0/s1. The Kier molecular flexibility index (Phi) is 3.21. The Hall–Kier alpha value is -0.600. The van der Waals surface area contributed by atoms with Crippen molar-refractivity contribution in [3.05, 3.63) is 24.3 Å². The number of aliphatic hydroxyl groups excluding tert-OH is 1. The van der Waals surface area contributed by atoms with Gasteiger partial charge in [-0.15, -0.1) is 0 Å². The second-order valence-electron chi connectivity index (χ2n) is 6.22. The van der Waals surface area contributed by atoms with Gasteiger partial charge in [-0.2, -0.15) is 0 Å². The first-order valence-corrected chi connectivity index (χ1v) is 6.60. The van der Waals surface area contributed by atoms with E-state index in [1.54, 1.807) is 0 Å². The molecule has 0 amide bonds. The lowest BCUT2D eigenvalue weighted by Crippen LogP contribution is -2.47. The summed E-state index contributed by atoms with van der Waals surface area (Å²) in [5.41, 5.74) is 1.27. The van der Waals surface area contributed by atoms with Gasteiger partial charge in [-0.25, -0.2) is 0 Å². The summed E-state index contributed by atoms with van der Waals surface area (Å²) < 4.78 is 0. The van der Waals surface area contributed by atoms with Gasteiger partial charge in [0.25, 0.3) is 0 Å². The van der Waals surface area contributed by atoms with Gasteiger partial charge in [0.1, 0.15) is 0 Å². The van der Waals surface area contributed by atoms with Crippen LogP contribution in [0.2, 0.25) is 0 Å². The van der Waals surface area contributed by atoms with E-state index in [2.05, 4.69) is 20.1 Å². The van der Waals surface area contributed by atoms with Crippen molar-refractivity contribution in [1.29, 1.82) is 0 Å². The largest absolute Gasteiger partial charge is 0.392 e. The zero-order valence-corrected chi connectivity index (χ0v) is 10.8. The van der Waals surface area contributed by atoms with E-state index < -0.39 is 5.60 Å². The van der Waals surface area contributed by atoms with Crippen LogP contribution in [0.15, 0.2) is 24.3 Å². The van der Waals surface area contributed by atoms with Gasteiger partial charge >= 0.3 is 0 Å². The summed E-state index contributed by atoms with van der Waals surface area (Å²) in [6.45, 7) is 10.2. The molecule has 0 aromatic rings. The molecule has 2 nitrogen and oxygen atoms in total. The second kappa shape index (κ2) is 4.25. The van der Waals surface area contributed by atoms with Gasteiger partial charge in [0.15, 0.2) is 0 Å². The van der Waals surface area contributed by atoms with E-state index in [0.29, 0.717) is 23.3 Å². The molecule has 0 aromatic heterocycles. The minimum atomic E-state index is -0.876. The van der Waals surface area contributed by atoms with Crippen molar-refractivity contribution in [2.24, 2.45) is 11.3 Å². The van der Waals surface area contributed by atoms with Gasteiger partial charge in [0.05, 0.1) is 12.2 Å². The lowest BCUT2D eigenvalue weighted by molar-refractivity contribution is -0.0432. The highest BCUT2D eigenvalue weighted by molar-refractivity contribution is 5.22. The molecule has 2 aliphatic rings. The number of aliphatic hydroxyl groups is 2. The van der Waals surface area contributed by atoms with Crippen LogP contribution in [0, 0.1) is 11.3 Å². The molecule has 2 fully saturated rings. The molecule has 0 aromatic carbocycles. The number of hydrogen-bond acceptors (Lipinski definition) is 2. The van der Waals surface area contributed by atoms with Gasteiger partial charge in [-0.05, 0) is 55.4 Å². The fourth-order valence-electron chi connectivity index (χ4n) is 3.65. The quantitative estimate of drug-likeness (QED) is 0.724. The smallest absolute Gasteiger partial charge is 0.0882 e. The Morgan fingerprint density at radius 3 is 2.76 bits per heavy atom. The molecule has 2 heteroatoms. The molecule has 2 aliphatic carbocycles. The maximum absolute atomic E-state index is 10.6. The Balaban J connectivity index is 2.22. The molecule has 96 valence electrons. The molecule has 0 bridgehead atoms. The van der Waals surface area contributed by atoms with Crippen LogP contribution in [0.25, 0.3) is 0 Å². The summed E-state index contributed by atoms with van der Waals surface area (Å²) in [7, 11) is 0. The molecule has 17 heavy (non-hydrogen) atoms. The lowest BCUT2D eigenvalue weighted by atomic mass is 9.55. The van der Waals surface area contributed by atoms with Gasteiger partial charge in [-0.1, -0.05) is 25.7 Å². The Morgan fingerprint density at radius 2 is 2.12 bits per heavy atom. The molecular weight excluding hydrogens is 212 g/mol. The first kappa shape index (κ1) is 12.8. The third-order valence-corrected chi connectivity index (χ3v) is 5.08. The minimum Gasteiger partial charge on any atom is -0.392 e. The molecular formula is C15H24O2. The first-order chi connectivity index (χ1) is 7.91. The lowest BCUT2D eigenvalue weighted by Gasteiger charge is -2.52. The Bertz CT molecular complexity index is 347. The number of hydrogen-bond donors (Lipinski definition) is 2. The van der Waals surface area contributed by atoms with Crippen LogP contribution in [-0.4, -0.2) is 22.4 Å². The number of allylic oxidation sites excluding steroid dienone is 1. The molecule has 2 saturated carbocycles. The van der Waals surface area contributed by atoms with Crippen LogP contribution in [0.5, 0.6) is 0 Å². The Labute approximate surface area is 104 Å². The molecule has 2 N–H and O–H groups in total. The minimum absolute atomic E-state index is 0.119. The summed E-state index contributed by atoms with van der Waals surface area (Å²) in [6, 6.07) is 0. The fourth-order valence-corrected chi connectivity index (χ4v) is 3.65. The van der Waals surface area contributed by atoms with Crippen molar-refractivity contribution in [3.63, 3.8) is 0 Å². The summed E-state index contributed by atoms with van der Waals surface area (Å²) in [6.07, 6.45) is 5.98. The Morgan fingerprint density at radius 1 is 1.41 bits per heavy atom. The van der Waals surface area contributed by atoms with Crippen molar-refractivity contribution in [2.45, 2.75) is 51.0 Å². The zero-order valence-electron chi connectivity index (χ0n) is 10.8. The molecule has 3 atom stereocenters. The first-order valence-electron chi connectivity index (χ1n) is 6.60. The average molecular weight is 236 g/mol. The predicted octanol–water partition coefficient (Wildman–Crippen LogP) is 2.81. The molecule has 2 rings (SSSR count). The van der Waals surface area contributed by atoms with Crippen LogP contribution in [0.3, 0.4) is 0 Å². The highest BCUT2D eigenvalue weighted by atomic mass is 16.3. The average Bonchev–Trinajstić information content (AvgIpc) is 2.30. The third-order valence-electron chi connectivity index (χ3n) is 5.08. The van der Waals surface area contributed by atoms with Crippen LogP contribution in [0.1, 0.15) is 45.4 Å².